The third-order valence-corrected chi connectivity index (χ3v) is 2.62. The fourth-order valence-corrected chi connectivity index (χ4v) is 1.67. The molecular formula is C8H17NOS. The van der Waals surface area contributed by atoms with E-state index in [9.17, 15) is 0 Å². The lowest BCUT2D eigenvalue weighted by atomic mass is 10.4. The maximum absolute atomic E-state index is 8.76. The highest BCUT2D eigenvalue weighted by atomic mass is 32.2. The standard InChI is InChI=1S/C8H17NOS/c1-11-7-5-9(4-6-10)8-2-3-8/h8,10H,2-7H2,1H3. The van der Waals surface area contributed by atoms with Gasteiger partial charge in [0.05, 0.1) is 6.61 Å². The third-order valence-electron chi connectivity index (χ3n) is 2.03. The van der Waals surface area contributed by atoms with Crippen LogP contribution in [0.1, 0.15) is 12.8 Å². The van der Waals surface area contributed by atoms with Gasteiger partial charge in [-0.25, -0.2) is 0 Å². The van der Waals surface area contributed by atoms with E-state index in [1.807, 2.05) is 11.8 Å². The van der Waals surface area contributed by atoms with Gasteiger partial charge in [-0.3, -0.25) is 4.90 Å². The van der Waals surface area contributed by atoms with Gasteiger partial charge in [0.1, 0.15) is 0 Å². The lowest BCUT2D eigenvalue weighted by Gasteiger charge is -2.19. The third kappa shape index (κ3) is 3.45. The Morgan fingerprint density at radius 1 is 1.45 bits per heavy atom. The summed E-state index contributed by atoms with van der Waals surface area (Å²) in [4.78, 5) is 2.40. The van der Waals surface area contributed by atoms with Crippen LogP contribution in [-0.2, 0) is 0 Å². The van der Waals surface area contributed by atoms with Gasteiger partial charge in [-0.05, 0) is 19.1 Å². The van der Waals surface area contributed by atoms with Gasteiger partial charge in [-0.15, -0.1) is 0 Å². The van der Waals surface area contributed by atoms with Crippen LogP contribution in [0.25, 0.3) is 0 Å². The lowest BCUT2D eigenvalue weighted by molar-refractivity contribution is 0.197. The zero-order chi connectivity index (χ0) is 8.10. The molecule has 0 aromatic carbocycles. The number of hydrogen-bond acceptors (Lipinski definition) is 3. The molecule has 11 heavy (non-hydrogen) atoms. The zero-order valence-electron chi connectivity index (χ0n) is 7.12. The first-order valence-electron chi connectivity index (χ1n) is 4.22. The molecule has 0 saturated heterocycles. The summed E-state index contributed by atoms with van der Waals surface area (Å²) in [7, 11) is 0. The van der Waals surface area contributed by atoms with Crippen molar-refractivity contribution in [1.82, 2.24) is 4.90 Å². The lowest BCUT2D eigenvalue weighted by Crippen LogP contribution is -2.31. The summed E-state index contributed by atoms with van der Waals surface area (Å²) in [5.74, 6) is 1.19. The fraction of sp³-hybridized carbons (Fsp3) is 1.00. The molecule has 1 fully saturated rings. The number of thioether (sulfide) groups is 1. The highest BCUT2D eigenvalue weighted by Crippen LogP contribution is 2.26. The Morgan fingerprint density at radius 2 is 2.18 bits per heavy atom. The molecule has 1 rings (SSSR count). The molecule has 0 unspecified atom stereocenters. The highest BCUT2D eigenvalue weighted by molar-refractivity contribution is 7.98. The van der Waals surface area contributed by atoms with Crippen molar-refractivity contribution in [3.05, 3.63) is 0 Å². The SMILES string of the molecule is CSCCN(CCO)C1CC1. The van der Waals surface area contributed by atoms with Crippen molar-refractivity contribution in [3.8, 4) is 0 Å². The molecule has 0 amide bonds. The Labute approximate surface area is 73.0 Å². The number of aliphatic hydroxyl groups is 1. The van der Waals surface area contributed by atoms with E-state index in [0.29, 0.717) is 6.61 Å². The van der Waals surface area contributed by atoms with Crippen LogP contribution in [0, 0.1) is 0 Å². The first-order valence-corrected chi connectivity index (χ1v) is 5.61. The summed E-state index contributed by atoms with van der Waals surface area (Å²) >= 11 is 1.88. The van der Waals surface area contributed by atoms with Crippen LogP contribution in [-0.4, -0.2) is 47.8 Å². The first-order chi connectivity index (χ1) is 5.38. The number of hydrogen-bond donors (Lipinski definition) is 1. The average Bonchev–Trinajstić information content (AvgIpc) is 2.80. The Balaban J connectivity index is 2.10. The monoisotopic (exact) mass is 175 g/mol. The summed E-state index contributed by atoms with van der Waals surface area (Å²) in [6, 6.07) is 0.800. The van der Waals surface area contributed by atoms with Crippen molar-refractivity contribution in [2.75, 3.05) is 31.7 Å². The molecule has 0 aliphatic heterocycles. The molecule has 0 spiro atoms. The second-order valence-corrected chi connectivity index (χ2v) is 3.97. The Hall–Kier alpha value is 0.270. The van der Waals surface area contributed by atoms with Crippen LogP contribution in [0.15, 0.2) is 0 Å². The van der Waals surface area contributed by atoms with Crippen molar-refractivity contribution < 1.29 is 5.11 Å². The molecule has 0 bridgehead atoms. The van der Waals surface area contributed by atoms with Crippen LogP contribution in [0.4, 0.5) is 0 Å². The van der Waals surface area contributed by atoms with E-state index in [4.69, 9.17) is 5.11 Å². The smallest absolute Gasteiger partial charge is 0.0558 e. The van der Waals surface area contributed by atoms with E-state index >= 15 is 0 Å². The van der Waals surface area contributed by atoms with Gasteiger partial charge in [-0.1, -0.05) is 0 Å². The molecule has 66 valence electrons. The molecule has 0 atom stereocenters. The quantitative estimate of drug-likeness (QED) is 0.646. The molecule has 2 nitrogen and oxygen atoms in total. The van der Waals surface area contributed by atoms with Gasteiger partial charge in [-0.2, -0.15) is 11.8 Å². The van der Waals surface area contributed by atoms with Crippen molar-refractivity contribution in [2.45, 2.75) is 18.9 Å². The van der Waals surface area contributed by atoms with E-state index < -0.39 is 0 Å². The summed E-state index contributed by atoms with van der Waals surface area (Å²) in [5, 5.41) is 8.76. The Morgan fingerprint density at radius 3 is 2.64 bits per heavy atom. The van der Waals surface area contributed by atoms with Gasteiger partial charge in [0.15, 0.2) is 0 Å². The maximum atomic E-state index is 8.76. The van der Waals surface area contributed by atoms with Crippen LogP contribution >= 0.6 is 11.8 Å². The molecule has 0 aromatic heterocycles. The van der Waals surface area contributed by atoms with Crippen LogP contribution in [0.5, 0.6) is 0 Å². The summed E-state index contributed by atoms with van der Waals surface area (Å²) < 4.78 is 0. The van der Waals surface area contributed by atoms with Gasteiger partial charge < -0.3 is 5.11 Å². The van der Waals surface area contributed by atoms with Gasteiger partial charge >= 0.3 is 0 Å². The van der Waals surface area contributed by atoms with Crippen molar-refractivity contribution in [3.63, 3.8) is 0 Å². The largest absolute Gasteiger partial charge is 0.395 e. The minimum Gasteiger partial charge on any atom is -0.395 e. The first kappa shape index (κ1) is 9.36. The maximum Gasteiger partial charge on any atom is 0.0558 e. The summed E-state index contributed by atoms with van der Waals surface area (Å²) in [6.07, 6.45) is 4.81. The Bertz CT molecular complexity index is 106. The predicted molar refractivity (Wildman–Crippen MR) is 50.1 cm³/mol. The fourth-order valence-electron chi connectivity index (χ4n) is 1.25. The van der Waals surface area contributed by atoms with Crippen LogP contribution in [0.2, 0.25) is 0 Å². The number of nitrogens with zero attached hydrogens (tertiary/aromatic N) is 1. The van der Waals surface area contributed by atoms with E-state index in [2.05, 4.69) is 11.2 Å². The normalized spacial score (nSPS) is 17.7. The van der Waals surface area contributed by atoms with Gasteiger partial charge in [0.25, 0.3) is 0 Å². The molecule has 3 heteroatoms. The van der Waals surface area contributed by atoms with Crippen LogP contribution < -0.4 is 0 Å². The average molecular weight is 175 g/mol. The summed E-state index contributed by atoms with van der Waals surface area (Å²) in [6.45, 7) is 2.32. The second-order valence-electron chi connectivity index (χ2n) is 2.98. The van der Waals surface area contributed by atoms with Gasteiger partial charge in [0, 0.05) is 24.9 Å². The minimum absolute atomic E-state index is 0.310. The van der Waals surface area contributed by atoms with Crippen molar-refractivity contribution in [1.29, 1.82) is 0 Å². The van der Waals surface area contributed by atoms with Crippen molar-refractivity contribution in [2.24, 2.45) is 0 Å². The topological polar surface area (TPSA) is 23.5 Å². The highest BCUT2D eigenvalue weighted by Gasteiger charge is 2.27. The van der Waals surface area contributed by atoms with E-state index in [-0.39, 0.29) is 0 Å². The number of rotatable bonds is 6. The predicted octanol–water partition coefficient (Wildman–Crippen LogP) is 0.806. The molecule has 1 saturated carbocycles. The zero-order valence-corrected chi connectivity index (χ0v) is 7.94. The van der Waals surface area contributed by atoms with Crippen LogP contribution in [0.3, 0.4) is 0 Å². The van der Waals surface area contributed by atoms with E-state index in [0.717, 1.165) is 19.1 Å². The molecular weight excluding hydrogens is 158 g/mol. The summed E-state index contributed by atoms with van der Waals surface area (Å²) in [5.41, 5.74) is 0. The second kappa shape index (κ2) is 5.01. The molecule has 0 heterocycles. The van der Waals surface area contributed by atoms with Gasteiger partial charge in [0.2, 0.25) is 0 Å². The van der Waals surface area contributed by atoms with E-state index in [1.165, 1.54) is 18.6 Å². The Kier molecular flexibility index (Phi) is 4.26. The molecule has 1 aliphatic rings. The minimum atomic E-state index is 0.310. The van der Waals surface area contributed by atoms with Crippen molar-refractivity contribution >= 4 is 11.8 Å². The molecule has 1 N–H and O–H groups in total. The molecule has 0 aromatic rings. The number of aliphatic hydroxyl groups excluding tert-OH is 1. The molecule has 1 aliphatic carbocycles. The van der Waals surface area contributed by atoms with E-state index in [1.54, 1.807) is 0 Å². The molecule has 0 radical (unpaired) electrons.